The highest BCUT2D eigenvalue weighted by molar-refractivity contribution is 7.23. The van der Waals surface area contributed by atoms with Crippen LogP contribution >= 0.6 is 34.3 Å². The van der Waals surface area contributed by atoms with E-state index in [0.717, 1.165) is 42.2 Å². The standard InChI is InChI=1S/C21H20ClN7OS2.2C2HF3O2/c1-12-21(30)29(9-13-2-3-14-15(8-13)24-11-25-19(14)23)7-6-28(12)10-18-26-27-20(32-18)16-4-5-17(22)31-16;2*3-2(4,5)1(6)7/h2-5,8,11-12H,6-7,9-10H2,1H3,(H2,23,24,25);2*(H,6,7)/t12-;;/m0../s1. The number of carbonyl (C=O) groups is 3. The Labute approximate surface area is 268 Å². The number of nitrogen functional groups attached to an aromatic ring is 1. The van der Waals surface area contributed by atoms with Crippen molar-refractivity contribution in [3.05, 3.63) is 51.6 Å². The Hall–Kier alpha value is -4.14. The van der Waals surface area contributed by atoms with Gasteiger partial charge in [0.05, 0.1) is 27.3 Å². The molecule has 1 fully saturated rings. The SMILES string of the molecule is C[C@H]1C(=O)N(Cc2ccc3c(N)ncnc3c2)CCN1Cc1nnc(-c2ccc(Cl)s2)s1.O=C(O)C(F)(F)F.O=C(O)C(F)(F)F. The maximum absolute atomic E-state index is 13.1. The van der Waals surface area contributed by atoms with E-state index in [-0.39, 0.29) is 11.9 Å². The summed E-state index contributed by atoms with van der Waals surface area (Å²) in [6, 6.07) is 9.45. The first-order valence-electron chi connectivity index (χ1n) is 12.6. The van der Waals surface area contributed by atoms with Crippen molar-refractivity contribution in [1.29, 1.82) is 0 Å². The van der Waals surface area contributed by atoms with Crippen LogP contribution in [0.1, 0.15) is 17.5 Å². The molecule has 4 heterocycles. The lowest BCUT2D eigenvalue weighted by Gasteiger charge is -2.38. The van der Waals surface area contributed by atoms with Gasteiger partial charge < -0.3 is 20.8 Å². The number of benzene rings is 1. The predicted molar refractivity (Wildman–Crippen MR) is 155 cm³/mol. The van der Waals surface area contributed by atoms with Gasteiger partial charge in [0, 0.05) is 25.0 Å². The van der Waals surface area contributed by atoms with E-state index in [9.17, 15) is 31.1 Å². The first-order valence-corrected chi connectivity index (χ1v) is 14.6. The number of rotatable bonds is 5. The molecular formula is C25H22ClF6N7O5S2. The minimum atomic E-state index is -5.08. The lowest BCUT2D eigenvalue weighted by molar-refractivity contribution is -0.193. The topological polar surface area (TPSA) is 176 Å². The molecule has 0 radical (unpaired) electrons. The molecule has 0 saturated carbocycles. The number of thiophene rings is 1. The number of piperazine rings is 1. The third-order valence-electron chi connectivity index (χ3n) is 6.05. The molecule has 1 atom stereocenters. The molecule has 248 valence electrons. The fraction of sp³-hybridized carbons (Fsp3) is 0.320. The number of halogens is 7. The number of fused-ring (bicyclic) bond motifs is 1. The van der Waals surface area contributed by atoms with E-state index in [1.165, 1.54) is 17.7 Å². The van der Waals surface area contributed by atoms with E-state index < -0.39 is 24.3 Å². The Bertz CT molecular complexity index is 1680. The van der Waals surface area contributed by atoms with Gasteiger partial charge in [0.1, 0.15) is 17.2 Å². The lowest BCUT2D eigenvalue weighted by atomic mass is 10.1. The summed E-state index contributed by atoms with van der Waals surface area (Å²) in [4.78, 5) is 44.2. The van der Waals surface area contributed by atoms with Crippen molar-refractivity contribution < 1.29 is 50.9 Å². The zero-order valence-electron chi connectivity index (χ0n) is 23.2. The molecule has 3 aromatic heterocycles. The average Bonchev–Trinajstić information content (AvgIpc) is 3.61. The molecule has 5 rings (SSSR count). The molecule has 1 aromatic carbocycles. The van der Waals surface area contributed by atoms with Crippen LogP contribution in [0.3, 0.4) is 0 Å². The van der Waals surface area contributed by atoms with E-state index >= 15 is 0 Å². The minimum absolute atomic E-state index is 0.105. The Kier molecular flexibility index (Phi) is 11.8. The van der Waals surface area contributed by atoms with E-state index in [1.54, 1.807) is 11.3 Å². The molecule has 1 amide bonds. The second kappa shape index (κ2) is 15.0. The van der Waals surface area contributed by atoms with E-state index in [2.05, 4.69) is 25.1 Å². The highest BCUT2D eigenvalue weighted by Crippen LogP contribution is 2.33. The van der Waals surface area contributed by atoms with Crippen LogP contribution in [0.4, 0.5) is 32.2 Å². The number of anilines is 1. The molecule has 4 aromatic rings. The van der Waals surface area contributed by atoms with Gasteiger partial charge in [-0.1, -0.05) is 29.0 Å². The summed E-state index contributed by atoms with van der Waals surface area (Å²) in [7, 11) is 0. The zero-order chi connectivity index (χ0) is 34.4. The number of carboxylic acid groups (broad SMARTS) is 2. The molecule has 0 bridgehead atoms. The van der Waals surface area contributed by atoms with Crippen molar-refractivity contribution in [2.45, 2.75) is 38.4 Å². The molecule has 1 aliphatic rings. The van der Waals surface area contributed by atoms with Crippen molar-refractivity contribution in [3.8, 4) is 9.88 Å². The highest BCUT2D eigenvalue weighted by atomic mass is 35.5. The molecule has 21 heteroatoms. The summed E-state index contributed by atoms with van der Waals surface area (Å²) in [5, 5.41) is 25.4. The monoisotopic (exact) mass is 713 g/mol. The quantitative estimate of drug-likeness (QED) is 0.239. The summed E-state index contributed by atoms with van der Waals surface area (Å²) in [5.41, 5.74) is 7.72. The minimum Gasteiger partial charge on any atom is -0.475 e. The first-order chi connectivity index (χ1) is 21.4. The molecule has 46 heavy (non-hydrogen) atoms. The van der Waals surface area contributed by atoms with Crippen LogP contribution in [0, 0.1) is 0 Å². The van der Waals surface area contributed by atoms with Crippen molar-refractivity contribution in [3.63, 3.8) is 0 Å². The number of hydrogen-bond acceptors (Lipinski definition) is 11. The normalized spacial score (nSPS) is 15.5. The summed E-state index contributed by atoms with van der Waals surface area (Å²) in [6.45, 7) is 4.51. The number of amides is 1. The van der Waals surface area contributed by atoms with Gasteiger partial charge in [0.2, 0.25) is 5.91 Å². The summed E-state index contributed by atoms with van der Waals surface area (Å²) in [6.07, 6.45) is -8.71. The molecule has 0 unspecified atom stereocenters. The van der Waals surface area contributed by atoms with Crippen LogP contribution in [0.5, 0.6) is 0 Å². The maximum Gasteiger partial charge on any atom is 0.490 e. The Morgan fingerprint density at radius 3 is 2.17 bits per heavy atom. The van der Waals surface area contributed by atoms with Crippen LogP contribution in [-0.4, -0.2) is 89.5 Å². The number of alkyl halides is 6. The summed E-state index contributed by atoms with van der Waals surface area (Å²) < 4.78 is 64.2. The fourth-order valence-electron chi connectivity index (χ4n) is 3.81. The maximum atomic E-state index is 13.1. The van der Waals surface area contributed by atoms with Gasteiger partial charge in [0.15, 0.2) is 5.01 Å². The smallest absolute Gasteiger partial charge is 0.475 e. The fourth-order valence-corrected chi connectivity index (χ4v) is 5.77. The van der Waals surface area contributed by atoms with Gasteiger partial charge in [0.25, 0.3) is 0 Å². The van der Waals surface area contributed by atoms with Crippen LogP contribution in [0.25, 0.3) is 20.8 Å². The van der Waals surface area contributed by atoms with Gasteiger partial charge in [-0.3, -0.25) is 9.69 Å². The highest BCUT2D eigenvalue weighted by Gasteiger charge is 2.39. The Morgan fingerprint density at radius 1 is 0.978 bits per heavy atom. The van der Waals surface area contributed by atoms with Crippen LogP contribution < -0.4 is 5.73 Å². The molecular weight excluding hydrogens is 692 g/mol. The van der Waals surface area contributed by atoms with Gasteiger partial charge in [-0.05, 0) is 36.8 Å². The second-order valence-corrected chi connectivity index (χ2v) is 12.0. The molecule has 1 saturated heterocycles. The van der Waals surface area contributed by atoms with Gasteiger partial charge in [-0.15, -0.1) is 21.5 Å². The number of nitrogens with two attached hydrogens (primary N) is 1. The third-order valence-corrected chi connectivity index (χ3v) is 8.36. The number of aromatic nitrogens is 4. The van der Waals surface area contributed by atoms with Crippen LogP contribution in [0.2, 0.25) is 4.34 Å². The third kappa shape index (κ3) is 9.93. The zero-order valence-corrected chi connectivity index (χ0v) is 25.6. The molecule has 4 N–H and O–H groups in total. The van der Waals surface area contributed by atoms with Crippen LogP contribution in [-0.2, 0) is 27.5 Å². The number of aliphatic carboxylic acids is 2. The molecule has 0 aliphatic carbocycles. The summed E-state index contributed by atoms with van der Waals surface area (Å²) in [5.74, 6) is -4.95. The van der Waals surface area contributed by atoms with Crippen molar-refractivity contribution >= 4 is 68.8 Å². The van der Waals surface area contributed by atoms with Gasteiger partial charge in [-0.25, -0.2) is 19.6 Å². The Balaban J connectivity index is 0.000000345. The van der Waals surface area contributed by atoms with Crippen molar-refractivity contribution in [1.82, 2.24) is 30.0 Å². The molecule has 12 nitrogen and oxygen atoms in total. The van der Waals surface area contributed by atoms with Crippen molar-refractivity contribution in [2.75, 3.05) is 18.8 Å². The number of carboxylic acids is 2. The molecule has 1 aliphatic heterocycles. The summed E-state index contributed by atoms with van der Waals surface area (Å²) >= 11 is 9.06. The number of hydrogen-bond donors (Lipinski definition) is 3. The van der Waals surface area contributed by atoms with Crippen molar-refractivity contribution in [2.24, 2.45) is 0 Å². The number of carbonyl (C=O) groups excluding carboxylic acids is 1. The Morgan fingerprint density at radius 2 is 1.61 bits per heavy atom. The van der Waals surface area contributed by atoms with Gasteiger partial charge >= 0.3 is 24.3 Å². The van der Waals surface area contributed by atoms with E-state index in [1.807, 2.05) is 42.2 Å². The van der Waals surface area contributed by atoms with E-state index in [4.69, 9.17) is 37.1 Å². The number of nitrogens with zero attached hydrogens (tertiary/aromatic N) is 6. The molecule has 0 spiro atoms. The predicted octanol–water partition coefficient (Wildman–Crippen LogP) is 4.94. The average molecular weight is 714 g/mol. The van der Waals surface area contributed by atoms with E-state index in [0.29, 0.717) is 25.5 Å². The van der Waals surface area contributed by atoms with Crippen LogP contribution in [0.15, 0.2) is 36.7 Å². The largest absolute Gasteiger partial charge is 0.490 e. The first kappa shape index (κ1) is 36.3. The van der Waals surface area contributed by atoms with Gasteiger partial charge in [-0.2, -0.15) is 26.3 Å². The second-order valence-electron chi connectivity index (χ2n) is 9.23. The lowest BCUT2D eigenvalue weighted by Crippen LogP contribution is -2.54.